The van der Waals surface area contributed by atoms with Crippen molar-refractivity contribution >= 4 is 23.2 Å². The van der Waals surface area contributed by atoms with Crippen LogP contribution in [0.15, 0.2) is 35.7 Å². The van der Waals surface area contributed by atoms with E-state index in [-0.39, 0.29) is 24.5 Å². The smallest absolute Gasteiger partial charge is 0.305 e. The molecule has 0 aliphatic carbocycles. The summed E-state index contributed by atoms with van der Waals surface area (Å²) in [7, 11) is 1.58. The van der Waals surface area contributed by atoms with E-state index < -0.39 is 5.97 Å². The highest BCUT2D eigenvalue weighted by molar-refractivity contribution is 7.09. The molecule has 6 nitrogen and oxygen atoms in total. The Morgan fingerprint density at radius 1 is 1.36 bits per heavy atom. The highest BCUT2D eigenvalue weighted by atomic mass is 32.1. The summed E-state index contributed by atoms with van der Waals surface area (Å²) in [6, 6.07) is 9.60. The molecule has 0 spiro atoms. The maximum Gasteiger partial charge on any atom is 0.305 e. The van der Waals surface area contributed by atoms with Gasteiger partial charge in [-0.25, -0.2) is 4.98 Å². The Kier molecular flexibility index (Phi) is 5.45. The van der Waals surface area contributed by atoms with E-state index in [9.17, 15) is 9.59 Å². The van der Waals surface area contributed by atoms with Gasteiger partial charge in [-0.1, -0.05) is 30.3 Å². The number of methoxy groups -OCH3 is 1. The van der Waals surface area contributed by atoms with Crippen molar-refractivity contribution in [1.82, 2.24) is 9.88 Å². The van der Waals surface area contributed by atoms with Gasteiger partial charge >= 0.3 is 5.97 Å². The van der Waals surface area contributed by atoms with Crippen LogP contribution in [0.5, 0.6) is 0 Å². The zero-order chi connectivity index (χ0) is 17.8. The average molecular weight is 360 g/mol. The van der Waals surface area contributed by atoms with Gasteiger partial charge in [-0.3, -0.25) is 9.59 Å². The van der Waals surface area contributed by atoms with Gasteiger partial charge in [0.1, 0.15) is 5.69 Å². The number of hydrogen-bond acceptors (Lipinski definition) is 5. The minimum atomic E-state index is -0.914. The average Bonchev–Trinajstić information content (AvgIpc) is 3.22. The maximum atomic E-state index is 12.8. The number of carboxylic acids is 1. The number of thiazole rings is 1. The zero-order valence-electron chi connectivity index (χ0n) is 13.9. The number of amides is 1. The number of carboxylic acid groups (broad SMARTS) is 1. The molecule has 1 aliphatic heterocycles. The fourth-order valence-electron chi connectivity index (χ4n) is 3.10. The molecule has 1 amide bonds. The number of likely N-dealkylation sites (tertiary alicyclic amines) is 1. The molecule has 0 saturated carbocycles. The number of carbonyl (C=O) groups excluding carboxylic acids is 1. The van der Waals surface area contributed by atoms with Gasteiger partial charge in [-0.15, -0.1) is 11.3 Å². The zero-order valence-corrected chi connectivity index (χ0v) is 14.7. The Morgan fingerprint density at radius 3 is 2.80 bits per heavy atom. The van der Waals surface area contributed by atoms with Gasteiger partial charge in [0.2, 0.25) is 0 Å². The second-order valence-corrected chi connectivity index (χ2v) is 7.03. The fourth-order valence-corrected chi connectivity index (χ4v) is 3.90. The molecule has 1 N–H and O–H groups in total. The first-order valence-corrected chi connectivity index (χ1v) is 8.98. The third-order valence-electron chi connectivity index (χ3n) is 4.35. The molecule has 1 fully saturated rings. The summed E-state index contributed by atoms with van der Waals surface area (Å²) in [4.78, 5) is 29.9. The van der Waals surface area contributed by atoms with E-state index in [2.05, 4.69) is 4.98 Å². The Balaban J connectivity index is 1.72. The molecule has 1 saturated heterocycles. The Hall–Kier alpha value is -2.25. The Bertz CT molecular complexity index is 747. The van der Waals surface area contributed by atoms with Crippen molar-refractivity contribution in [3.63, 3.8) is 0 Å². The molecule has 0 radical (unpaired) electrons. The van der Waals surface area contributed by atoms with Crippen LogP contribution >= 0.6 is 11.3 Å². The molecule has 1 aromatic heterocycles. The van der Waals surface area contributed by atoms with Crippen molar-refractivity contribution in [2.75, 3.05) is 13.7 Å². The summed E-state index contributed by atoms with van der Waals surface area (Å²) in [6.07, 6.45) is 1.01. The summed E-state index contributed by atoms with van der Waals surface area (Å²) in [6.45, 7) is 0.402. The number of rotatable bonds is 6. The van der Waals surface area contributed by atoms with Crippen LogP contribution in [-0.2, 0) is 16.0 Å². The summed E-state index contributed by atoms with van der Waals surface area (Å²) in [5, 5.41) is 11.7. The van der Waals surface area contributed by atoms with E-state index in [0.29, 0.717) is 25.1 Å². The van der Waals surface area contributed by atoms with Gasteiger partial charge in [-0.05, 0) is 12.0 Å². The van der Waals surface area contributed by atoms with E-state index in [0.717, 1.165) is 10.6 Å². The topological polar surface area (TPSA) is 79.7 Å². The van der Waals surface area contributed by atoms with Crippen molar-refractivity contribution in [1.29, 1.82) is 0 Å². The quantitative estimate of drug-likeness (QED) is 0.856. The number of aliphatic carboxylic acids is 1. The molecule has 1 aromatic carbocycles. The molecule has 1 aliphatic rings. The molecular formula is C18H20N2O4S. The van der Waals surface area contributed by atoms with Crippen LogP contribution in [0.4, 0.5) is 0 Å². The number of ether oxygens (including phenoxy) is 1. The lowest BCUT2D eigenvalue weighted by molar-refractivity contribution is -0.138. The van der Waals surface area contributed by atoms with Crippen molar-refractivity contribution in [3.05, 3.63) is 52.0 Å². The van der Waals surface area contributed by atoms with Crippen LogP contribution in [0.3, 0.4) is 0 Å². The summed E-state index contributed by atoms with van der Waals surface area (Å²) in [5.74, 6) is -1.14. The van der Waals surface area contributed by atoms with E-state index in [1.807, 2.05) is 30.3 Å². The van der Waals surface area contributed by atoms with E-state index in [4.69, 9.17) is 9.84 Å². The van der Waals surface area contributed by atoms with E-state index >= 15 is 0 Å². The lowest BCUT2D eigenvalue weighted by Crippen LogP contribution is -2.37. The minimum Gasteiger partial charge on any atom is -0.481 e. The number of hydrogen-bond donors (Lipinski definition) is 1. The van der Waals surface area contributed by atoms with E-state index in [1.165, 1.54) is 11.3 Å². The SMILES string of the molecule is COC1CC(CC(=O)O)N(C(=O)c2csc(Cc3ccccc3)n2)C1. The molecule has 2 aromatic rings. The van der Waals surface area contributed by atoms with Crippen LogP contribution in [0.1, 0.15) is 33.9 Å². The largest absolute Gasteiger partial charge is 0.481 e. The third kappa shape index (κ3) is 4.24. The van der Waals surface area contributed by atoms with Crippen molar-refractivity contribution in [3.8, 4) is 0 Å². The lowest BCUT2D eigenvalue weighted by Gasteiger charge is -2.22. The molecule has 0 bridgehead atoms. The molecule has 25 heavy (non-hydrogen) atoms. The van der Waals surface area contributed by atoms with Gasteiger partial charge < -0.3 is 14.7 Å². The van der Waals surface area contributed by atoms with Crippen LogP contribution in [0.2, 0.25) is 0 Å². The van der Waals surface area contributed by atoms with Crippen molar-refractivity contribution < 1.29 is 19.4 Å². The normalized spacial score (nSPS) is 20.0. The predicted molar refractivity (Wildman–Crippen MR) is 93.9 cm³/mol. The first-order valence-electron chi connectivity index (χ1n) is 8.10. The molecule has 3 rings (SSSR count). The Labute approximate surface area is 150 Å². The molecule has 7 heteroatoms. The predicted octanol–water partition coefficient (Wildman–Crippen LogP) is 2.44. The molecular weight excluding hydrogens is 340 g/mol. The first kappa shape index (κ1) is 17.6. The highest BCUT2D eigenvalue weighted by Crippen LogP contribution is 2.25. The Morgan fingerprint density at radius 2 is 2.12 bits per heavy atom. The first-order chi connectivity index (χ1) is 12.1. The fraction of sp³-hybridized carbons (Fsp3) is 0.389. The van der Waals surface area contributed by atoms with Gasteiger partial charge in [0.15, 0.2) is 0 Å². The second kappa shape index (κ2) is 7.76. The molecule has 2 atom stereocenters. The monoisotopic (exact) mass is 360 g/mol. The number of benzene rings is 1. The maximum absolute atomic E-state index is 12.8. The summed E-state index contributed by atoms with van der Waals surface area (Å²) in [5.41, 5.74) is 1.52. The van der Waals surface area contributed by atoms with E-state index in [1.54, 1.807) is 17.4 Å². The number of aromatic nitrogens is 1. The molecule has 132 valence electrons. The van der Waals surface area contributed by atoms with Crippen LogP contribution in [0.25, 0.3) is 0 Å². The van der Waals surface area contributed by atoms with Crippen molar-refractivity contribution in [2.24, 2.45) is 0 Å². The van der Waals surface area contributed by atoms with Gasteiger partial charge in [0.05, 0.1) is 17.5 Å². The van der Waals surface area contributed by atoms with Gasteiger partial charge in [0.25, 0.3) is 5.91 Å². The van der Waals surface area contributed by atoms with Gasteiger partial charge in [-0.2, -0.15) is 0 Å². The van der Waals surface area contributed by atoms with Crippen LogP contribution < -0.4 is 0 Å². The highest BCUT2D eigenvalue weighted by Gasteiger charge is 2.37. The van der Waals surface area contributed by atoms with Gasteiger partial charge in [0, 0.05) is 31.5 Å². The summed E-state index contributed by atoms with van der Waals surface area (Å²) >= 11 is 1.45. The third-order valence-corrected chi connectivity index (χ3v) is 5.20. The van der Waals surface area contributed by atoms with Crippen LogP contribution in [-0.4, -0.2) is 52.7 Å². The van der Waals surface area contributed by atoms with Crippen LogP contribution in [0, 0.1) is 0 Å². The molecule has 2 heterocycles. The minimum absolute atomic E-state index is 0.0768. The second-order valence-electron chi connectivity index (χ2n) is 6.09. The number of nitrogens with zero attached hydrogens (tertiary/aromatic N) is 2. The standard InChI is InChI=1S/C18H20N2O4S/c1-24-14-8-13(9-17(21)22)20(10-14)18(23)15-11-25-16(19-15)7-12-5-3-2-4-6-12/h2-6,11,13-14H,7-10H2,1H3,(H,21,22). The number of carbonyl (C=O) groups is 2. The molecule has 2 unspecified atom stereocenters. The summed E-state index contributed by atoms with van der Waals surface area (Å²) < 4.78 is 5.32. The van der Waals surface area contributed by atoms with Crippen molar-refractivity contribution in [2.45, 2.75) is 31.4 Å². The lowest BCUT2D eigenvalue weighted by atomic mass is 10.1.